The molecule has 1 saturated heterocycles. The molecule has 0 N–H and O–H groups in total. The van der Waals surface area contributed by atoms with Gasteiger partial charge in [-0.2, -0.15) is 0 Å². The van der Waals surface area contributed by atoms with Crippen LogP contribution in [0.4, 0.5) is 4.79 Å². The first-order valence-corrected chi connectivity index (χ1v) is 12.3. The Morgan fingerprint density at radius 1 is 0.912 bits per heavy atom. The van der Waals surface area contributed by atoms with Crippen LogP contribution in [0.1, 0.15) is 22.5 Å². The van der Waals surface area contributed by atoms with Crippen molar-refractivity contribution in [2.75, 3.05) is 0 Å². The van der Waals surface area contributed by atoms with Crippen LogP contribution >= 0.6 is 35.0 Å². The normalized spacial score (nSPS) is 15.2. The average molecular weight is 507 g/mol. The highest BCUT2D eigenvalue weighted by Crippen LogP contribution is 2.36. The molecule has 0 unspecified atom stereocenters. The van der Waals surface area contributed by atoms with Crippen molar-refractivity contribution in [2.24, 2.45) is 0 Å². The van der Waals surface area contributed by atoms with Gasteiger partial charge >= 0.3 is 0 Å². The highest BCUT2D eigenvalue weighted by molar-refractivity contribution is 8.18. The van der Waals surface area contributed by atoms with Gasteiger partial charge in [0.1, 0.15) is 0 Å². The van der Waals surface area contributed by atoms with E-state index in [2.05, 4.69) is 0 Å². The quantitative estimate of drug-likeness (QED) is 0.265. The molecular formula is C27H20Cl2N2O2S. The SMILES string of the molecule is Cc1cc(/C=C2\SC(=O)N(Cc3cccc4ccccc34)C2=O)c(C)n1-c1cc(Cl)cc(Cl)c1. The topological polar surface area (TPSA) is 42.3 Å². The number of carbonyl (C=O) groups is 2. The minimum Gasteiger partial charge on any atom is -0.318 e. The minimum absolute atomic E-state index is 0.239. The molecule has 1 fully saturated rings. The van der Waals surface area contributed by atoms with Crippen molar-refractivity contribution < 1.29 is 9.59 Å². The Morgan fingerprint density at radius 2 is 1.62 bits per heavy atom. The second-order valence-electron chi connectivity index (χ2n) is 8.20. The van der Waals surface area contributed by atoms with Crippen LogP contribution in [-0.2, 0) is 11.3 Å². The molecule has 1 aromatic heterocycles. The van der Waals surface area contributed by atoms with Gasteiger partial charge in [-0.3, -0.25) is 14.5 Å². The predicted octanol–water partition coefficient (Wildman–Crippen LogP) is 7.79. The fraction of sp³-hybridized carbons (Fsp3) is 0.111. The molecule has 0 saturated carbocycles. The molecule has 7 heteroatoms. The number of fused-ring (bicyclic) bond motifs is 1. The van der Waals surface area contributed by atoms with E-state index in [0.717, 1.165) is 50.7 Å². The van der Waals surface area contributed by atoms with Crippen molar-refractivity contribution >= 4 is 63.0 Å². The van der Waals surface area contributed by atoms with Gasteiger partial charge in [0.05, 0.1) is 11.4 Å². The number of hydrogen-bond acceptors (Lipinski definition) is 3. The lowest BCUT2D eigenvalue weighted by molar-refractivity contribution is -0.123. The second kappa shape index (κ2) is 8.99. The lowest BCUT2D eigenvalue weighted by Gasteiger charge is -2.14. The zero-order chi connectivity index (χ0) is 24.0. The van der Waals surface area contributed by atoms with Crippen molar-refractivity contribution in [3.05, 3.63) is 104 Å². The van der Waals surface area contributed by atoms with Crippen LogP contribution in [0.2, 0.25) is 10.0 Å². The maximum atomic E-state index is 13.2. The molecule has 2 amide bonds. The molecule has 4 aromatic rings. The maximum Gasteiger partial charge on any atom is 0.293 e. The highest BCUT2D eigenvalue weighted by Gasteiger charge is 2.35. The van der Waals surface area contributed by atoms with E-state index in [1.807, 2.05) is 79.1 Å². The van der Waals surface area contributed by atoms with Crippen molar-refractivity contribution in [3.63, 3.8) is 0 Å². The zero-order valence-electron chi connectivity index (χ0n) is 18.5. The number of amides is 2. The number of imide groups is 1. The summed E-state index contributed by atoms with van der Waals surface area (Å²) in [5.74, 6) is -0.279. The molecule has 34 heavy (non-hydrogen) atoms. The third-order valence-corrected chi connectivity index (χ3v) is 7.29. The molecule has 2 heterocycles. The van der Waals surface area contributed by atoms with Gasteiger partial charge in [-0.25, -0.2) is 0 Å². The van der Waals surface area contributed by atoms with Crippen LogP contribution < -0.4 is 0 Å². The van der Waals surface area contributed by atoms with E-state index in [9.17, 15) is 9.59 Å². The van der Waals surface area contributed by atoms with Gasteiger partial charge in [0.25, 0.3) is 11.1 Å². The second-order valence-corrected chi connectivity index (χ2v) is 10.1. The molecule has 5 rings (SSSR count). The van der Waals surface area contributed by atoms with Crippen molar-refractivity contribution in [3.8, 4) is 5.69 Å². The number of rotatable bonds is 4. The molecule has 170 valence electrons. The number of halogens is 2. The number of benzene rings is 3. The van der Waals surface area contributed by atoms with Gasteiger partial charge in [-0.05, 0) is 77.9 Å². The molecule has 4 nitrogen and oxygen atoms in total. The number of thioether (sulfide) groups is 1. The number of hydrogen-bond donors (Lipinski definition) is 0. The van der Waals surface area contributed by atoms with Gasteiger partial charge in [0, 0.05) is 27.1 Å². The molecule has 1 aliphatic rings. The summed E-state index contributed by atoms with van der Waals surface area (Å²) in [6.45, 7) is 4.18. The summed E-state index contributed by atoms with van der Waals surface area (Å²) < 4.78 is 2.03. The fourth-order valence-electron chi connectivity index (χ4n) is 4.38. The number of aromatic nitrogens is 1. The molecular weight excluding hydrogens is 487 g/mol. The highest BCUT2D eigenvalue weighted by atomic mass is 35.5. The summed E-state index contributed by atoms with van der Waals surface area (Å²) in [5, 5.41) is 2.95. The molecule has 3 aromatic carbocycles. The van der Waals surface area contributed by atoms with Crippen molar-refractivity contribution in [2.45, 2.75) is 20.4 Å². The largest absolute Gasteiger partial charge is 0.318 e. The average Bonchev–Trinajstić information content (AvgIpc) is 3.22. The van der Waals surface area contributed by atoms with E-state index in [1.54, 1.807) is 12.1 Å². The van der Waals surface area contributed by atoms with E-state index in [0.29, 0.717) is 15.0 Å². The minimum atomic E-state index is -0.279. The first kappa shape index (κ1) is 22.8. The van der Waals surface area contributed by atoms with E-state index in [4.69, 9.17) is 23.2 Å². The van der Waals surface area contributed by atoms with E-state index < -0.39 is 0 Å². The lowest BCUT2D eigenvalue weighted by atomic mass is 10.0. The molecule has 0 bridgehead atoms. The summed E-state index contributed by atoms with van der Waals surface area (Å²) in [7, 11) is 0. The third-order valence-electron chi connectivity index (χ3n) is 5.94. The van der Waals surface area contributed by atoms with E-state index in [1.165, 1.54) is 4.90 Å². The summed E-state index contributed by atoms with van der Waals surface area (Å²) in [6, 6.07) is 21.3. The van der Waals surface area contributed by atoms with Crippen molar-refractivity contribution in [1.82, 2.24) is 9.47 Å². The van der Waals surface area contributed by atoms with Crippen LogP contribution in [-0.4, -0.2) is 20.6 Å². The third kappa shape index (κ3) is 4.16. The standard InChI is InChI=1S/C27H20Cl2N2O2S/c1-16-10-20(17(2)31(16)23-13-21(28)12-22(29)14-23)11-25-26(32)30(27(33)34-25)15-19-8-5-7-18-6-3-4-9-24(18)19/h3-14H,15H2,1-2H3/b25-11-. The summed E-state index contributed by atoms with van der Waals surface area (Å²) in [6.07, 6.45) is 1.79. The Morgan fingerprint density at radius 3 is 2.38 bits per heavy atom. The van der Waals surface area contributed by atoms with Crippen LogP contribution in [0.5, 0.6) is 0 Å². The monoisotopic (exact) mass is 506 g/mol. The Balaban J connectivity index is 1.46. The maximum absolute atomic E-state index is 13.2. The van der Waals surface area contributed by atoms with E-state index >= 15 is 0 Å². The van der Waals surface area contributed by atoms with Crippen LogP contribution in [0.25, 0.3) is 22.5 Å². The van der Waals surface area contributed by atoms with Crippen molar-refractivity contribution in [1.29, 1.82) is 0 Å². The predicted molar refractivity (Wildman–Crippen MR) is 141 cm³/mol. The van der Waals surface area contributed by atoms with Crippen LogP contribution in [0.15, 0.2) is 71.6 Å². The summed E-state index contributed by atoms with van der Waals surface area (Å²) in [4.78, 5) is 27.7. The number of carbonyl (C=O) groups excluding carboxylic acids is 2. The Labute approximate surface area is 211 Å². The first-order valence-electron chi connectivity index (χ1n) is 10.7. The Kier molecular flexibility index (Phi) is 6.02. The Bertz CT molecular complexity index is 1480. The molecule has 1 aliphatic heterocycles. The van der Waals surface area contributed by atoms with Crippen LogP contribution in [0, 0.1) is 13.8 Å². The number of nitrogens with zero attached hydrogens (tertiary/aromatic N) is 2. The summed E-state index contributed by atoms with van der Waals surface area (Å²) in [5.41, 5.74) is 4.55. The molecule has 0 radical (unpaired) electrons. The lowest BCUT2D eigenvalue weighted by Crippen LogP contribution is -2.27. The molecule has 0 aliphatic carbocycles. The van der Waals surface area contributed by atoms with E-state index in [-0.39, 0.29) is 17.7 Å². The molecule has 0 spiro atoms. The first-order chi connectivity index (χ1) is 16.3. The number of aryl methyl sites for hydroxylation is 1. The van der Waals surface area contributed by atoms with Gasteiger partial charge in [-0.15, -0.1) is 0 Å². The molecule has 0 atom stereocenters. The van der Waals surface area contributed by atoms with Gasteiger partial charge in [-0.1, -0.05) is 65.7 Å². The summed E-state index contributed by atoms with van der Waals surface area (Å²) >= 11 is 13.4. The van der Waals surface area contributed by atoms with Gasteiger partial charge in [0.2, 0.25) is 0 Å². The zero-order valence-corrected chi connectivity index (χ0v) is 20.8. The van der Waals surface area contributed by atoms with Gasteiger partial charge < -0.3 is 4.57 Å². The smallest absolute Gasteiger partial charge is 0.293 e. The Hall–Kier alpha value is -2.99. The fourth-order valence-corrected chi connectivity index (χ4v) is 5.72. The van der Waals surface area contributed by atoms with Gasteiger partial charge in [0.15, 0.2) is 0 Å². The van der Waals surface area contributed by atoms with Crippen LogP contribution in [0.3, 0.4) is 0 Å².